The fraction of sp³-hybridized carbons (Fsp3) is 0.520. The molecule has 9 heteroatoms. The van der Waals surface area contributed by atoms with Crippen molar-refractivity contribution < 1.29 is 14.3 Å². The third kappa shape index (κ3) is 4.62. The zero-order valence-electron chi connectivity index (χ0n) is 19.7. The van der Waals surface area contributed by atoms with Crippen molar-refractivity contribution in [3.8, 4) is 0 Å². The summed E-state index contributed by atoms with van der Waals surface area (Å²) >= 11 is 4.69. The molecule has 2 aliphatic rings. The molecule has 0 aromatic carbocycles. The van der Waals surface area contributed by atoms with E-state index in [9.17, 15) is 9.59 Å². The highest BCUT2D eigenvalue weighted by Gasteiger charge is 2.29. The van der Waals surface area contributed by atoms with Crippen molar-refractivity contribution in [2.24, 2.45) is 11.8 Å². The lowest BCUT2D eigenvalue weighted by molar-refractivity contribution is -0.113. The van der Waals surface area contributed by atoms with E-state index in [-0.39, 0.29) is 17.6 Å². The Morgan fingerprint density at radius 2 is 1.79 bits per heavy atom. The zero-order chi connectivity index (χ0) is 23.8. The Morgan fingerprint density at radius 3 is 2.53 bits per heavy atom. The number of thiophene rings is 2. The van der Waals surface area contributed by atoms with E-state index in [0.717, 1.165) is 52.9 Å². The summed E-state index contributed by atoms with van der Waals surface area (Å²) in [7, 11) is 0. The van der Waals surface area contributed by atoms with Gasteiger partial charge in [0.05, 0.1) is 18.0 Å². The first-order valence-corrected chi connectivity index (χ1v) is 14.6. The first-order chi connectivity index (χ1) is 16.4. The van der Waals surface area contributed by atoms with E-state index < -0.39 is 0 Å². The molecule has 2 aliphatic carbocycles. The van der Waals surface area contributed by atoms with Crippen molar-refractivity contribution in [3.63, 3.8) is 0 Å². The molecule has 3 heterocycles. The summed E-state index contributed by atoms with van der Waals surface area (Å²) in [5.41, 5.74) is 3.13. The number of carbonyl (C=O) groups excluding carboxylic acids is 2. The molecule has 1 amide bonds. The number of ether oxygens (including phenoxy) is 1. The summed E-state index contributed by atoms with van der Waals surface area (Å²) in [6.45, 7) is 6.64. The van der Waals surface area contributed by atoms with Crippen LogP contribution < -0.4 is 5.32 Å². The van der Waals surface area contributed by atoms with Gasteiger partial charge in [-0.2, -0.15) is 0 Å². The number of aromatic nitrogens is 2. The molecular weight excluding hydrogens is 486 g/mol. The molecule has 180 valence electrons. The van der Waals surface area contributed by atoms with Gasteiger partial charge in [-0.15, -0.1) is 22.7 Å². The number of anilines is 1. The second kappa shape index (κ2) is 9.95. The van der Waals surface area contributed by atoms with E-state index in [2.05, 4.69) is 29.1 Å². The molecule has 0 aliphatic heterocycles. The lowest BCUT2D eigenvalue weighted by Gasteiger charge is -2.19. The zero-order valence-corrected chi connectivity index (χ0v) is 22.2. The van der Waals surface area contributed by atoms with Crippen LogP contribution in [0.15, 0.2) is 11.4 Å². The Balaban J connectivity index is 1.36. The minimum Gasteiger partial charge on any atom is -0.462 e. The van der Waals surface area contributed by atoms with E-state index >= 15 is 0 Å². The fourth-order valence-electron chi connectivity index (χ4n) is 4.89. The Labute approximate surface area is 211 Å². The van der Waals surface area contributed by atoms with E-state index in [1.807, 2.05) is 0 Å². The lowest BCUT2D eigenvalue weighted by atomic mass is 9.89. The van der Waals surface area contributed by atoms with Crippen molar-refractivity contribution in [2.75, 3.05) is 17.7 Å². The Hall–Kier alpha value is -1.97. The van der Waals surface area contributed by atoms with Crippen molar-refractivity contribution in [1.29, 1.82) is 0 Å². The predicted octanol–water partition coefficient (Wildman–Crippen LogP) is 5.91. The number of rotatable bonds is 6. The van der Waals surface area contributed by atoms with Gasteiger partial charge in [0.2, 0.25) is 5.91 Å². The molecule has 2 atom stereocenters. The number of nitrogens with zero attached hydrogens (tertiary/aromatic N) is 2. The van der Waals surface area contributed by atoms with Crippen LogP contribution in [0.3, 0.4) is 0 Å². The number of aryl methyl sites for hydroxylation is 1. The van der Waals surface area contributed by atoms with Crippen LogP contribution in [0, 0.1) is 11.8 Å². The third-order valence-electron chi connectivity index (χ3n) is 6.63. The molecule has 3 aromatic heterocycles. The summed E-state index contributed by atoms with van der Waals surface area (Å²) in [5.74, 6) is 1.04. The van der Waals surface area contributed by atoms with Crippen molar-refractivity contribution in [3.05, 3.63) is 32.1 Å². The van der Waals surface area contributed by atoms with Gasteiger partial charge < -0.3 is 10.1 Å². The smallest absolute Gasteiger partial charge is 0.350 e. The number of carbonyl (C=O) groups is 2. The van der Waals surface area contributed by atoms with Crippen molar-refractivity contribution in [1.82, 2.24) is 9.97 Å². The van der Waals surface area contributed by atoms with Gasteiger partial charge in [0.25, 0.3) is 0 Å². The molecular formula is C25H29N3O3S3. The van der Waals surface area contributed by atoms with Crippen molar-refractivity contribution in [2.45, 2.75) is 64.3 Å². The van der Waals surface area contributed by atoms with E-state index in [1.54, 1.807) is 24.6 Å². The number of esters is 1. The van der Waals surface area contributed by atoms with E-state index in [1.165, 1.54) is 44.8 Å². The van der Waals surface area contributed by atoms with Crippen LogP contribution in [0.5, 0.6) is 0 Å². The minimum atomic E-state index is -0.353. The van der Waals surface area contributed by atoms with Crippen LogP contribution in [-0.2, 0) is 35.2 Å². The van der Waals surface area contributed by atoms with Crippen molar-refractivity contribution >= 4 is 62.2 Å². The maximum Gasteiger partial charge on any atom is 0.350 e. The number of thioether (sulfide) groups is 1. The van der Waals surface area contributed by atoms with Crippen LogP contribution in [0.25, 0.3) is 10.2 Å². The van der Waals surface area contributed by atoms with Crippen LogP contribution in [-0.4, -0.2) is 34.2 Å². The van der Waals surface area contributed by atoms with Gasteiger partial charge in [-0.3, -0.25) is 4.79 Å². The highest BCUT2D eigenvalue weighted by atomic mass is 32.2. The molecule has 1 N–H and O–H groups in total. The molecule has 34 heavy (non-hydrogen) atoms. The van der Waals surface area contributed by atoms with Crippen LogP contribution >= 0.6 is 34.4 Å². The average molecular weight is 516 g/mol. The van der Waals surface area contributed by atoms with Gasteiger partial charge in [-0.25, -0.2) is 14.8 Å². The molecule has 5 rings (SSSR count). The second-order valence-corrected chi connectivity index (χ2v) is 12.5. The van der Waals surface area contributed by atoms with Gasteiger partial charge in [-0.1, -0.05) is 25.6 Å². The van der Waals surface area contributed by atoms with Crippen LogP contribution in [0.1, 0.15) is 64.2 Å². The minimum absolute atomic E-state index is 0.126. The molecule has 0 spiro atoms. The third-order valence-corrected chi connectivity index (χ3v) is 10.0. The molecule has 0 saturated heterocycles. The largest absolute Gasteiger partial charge is 0.462 e. The Morgan fingerprint density at radius 1 is 1.09 bits per heavy atom. The van der Waals surface area contributed by atoms with E-state index in [4.69, 9.17) is 4.74 Å². The van der Waals surface area contributed by atoms with Crippen LogP contribution in [0.2, 0.25) is 0 Å². The molecule has 0 bridgehead atoms. The monoisotopic (exact) mass is 515 g/mol. The number of fused-ring (bicyclic) bond motifs is 4. The molecule has 3 aromatic rings. The topological polar surface area (TPSA) is 81.2 Å². The first kappa shape index (κ1) is 23.8. The van der Waals surface area contributed by atoms with Gasteiger partial charge in [0, 0.05) is 15.1 Å². The highest BCUT2D eigenvalue weighted by Crippen LogP contribution is 2.42. The van der Waals surface area contributed by atoms with Gasteiger partial charge >= 0.3 is 5.97 Å². The lowest BCUT2D eigenvalue weighted by Crippen LogP contribution is -2.18. The maximum atomic E-state index is 13.1. The molecule has 0 fully saturated rings. The number of hydrogen-bond donors (Lipinski definition) is 1. The van der Waals surface area contributed by atoms with Gasteiger partial charge in [-0.05, 0) is 68.4 Å². The second-order valence-electron chi connectivity index (χ2n) is 9.32. The Kier molecular flexibility index (Phi) is 6.95. The van der Waals surface area contributed by atoms with Crippen LogP contribution in [0.4, 0.5) is 5.69 Å². The number of hydrogen-bond acceptors (Lipinski definition) is 8. The molecule has 0 unspecified atom stereocenters. The SMILES string of the molecule is CCOC(=O)c1sc2c(c1NC(=O)CSc1ncnc3sc4c(c13)CC[C@@H](C)C4)CC[C@H](C)C2. The summed E-state index contributed by atoms with van der Waals surface area (Å²) < 4.78 is 5.28. The summed E-state index contributed by atoms with van der Waals surface area (Å²) in [6.07, 6.45) is 7.80. The summed E-state index contributed by atoms with van der Waals surface area (Å²) in [6, 6.07) is 0. The average Bonchev–Trinajstić information content (AvgIpc) is 3.35. The standard InChI is InChI=1S/C25H29N3O3S3/c1-4-31-25(30)22-21(16-8-6-14(3)10-18(16)33-22)28-19(29)11-32-23-20-15-7-5-13(2)9-17(15)34-24(20)27-12-26-23/h12-14H,4-11H2,1-3H3,(H,28,29)/t13-,14+/m1/s1. The predicted molar refractivity (Wildman–Crippen MR) is 139 cm³/mol. The fourth-order valence-corrected chi connectivity index (χ4v) is 8.49. The first-order valence-electron chi connectivity index (χ1n) is 11.9. The quantitative estimate of drug-likeness (QED) is 0.250. The number of amides is 1. The molecule has 0 radical (unpaired) electrons. The Bertz CT molecular complexity index is 1250. The van der Waals surface area contributed by atoms with E-state index in [0.29, 0.717) is 29.0 Å². The summed E-state index contributed by atoms with van der Waals surface area (Å²) in [5, 5.41) is 5.06. The van der Waals surface area contributed by atoms with Gasteiger partial charge in [0.1, 0.15) is 21.1 Å². The highest BCUT2D eigenvalue weighted by molar-refractivity contribution is 8.00. The molecule has 0 saturated carbocycles. The molecule has 6 nitrogen and oxygen atoms in total. The normalized spacial score (nSPS) is 19.5. The number of nitrogens with one attached hydrogen (secondary N) is 1. The van der Waals surface area contributed by atoms with Gasteiger partial charge in [0.15, 0.2) is 0 Å². The summed E-state index contributed by atoms with van der Waals surface area (Å²) in [4.78, 5) is 38.9. The maximum absolute atomic E-state index is 13.1.